The normalized spacial score (nSPS) is 18.2. The fraction of sp³-hybridized carbons (Fsp3) is 0.538. The summed E-state index contributed by atoms with van der Waals surface area (Å²) in [5.74, 6) is -0.207. The Balaban J connectivity index is 2.20. The molecule has 1 heterocycles. The lowest BCUT2D eigenvalue weighted by atomic mass is 10.1. The van der Waals surface area contributed by atoms with E-state index in [0.29, 0.717) is 6.54 Å². The molecule has 0 saturated carbocycles. The average molecular weight is 237 g/mol. The molecule has 2 N–H and O–H groups in total. The summed E-state index contributed by atoms with van der Waals surface area (Å²) in [4.78, 5) is 4.64. The highest BCUT2D eigenvalue weighted by Crippen LogP contribution is 2.22. The quantitative estimate of drug-likeness (QED) is 0.844. The molecule has 0 radical (unpaired) electrons. The molecule has 0 bridgehead atoms. The van der Waals surface area contributed by atoms with Crippen molar-refractivity contribution in [1.29, 1.82) is 0 Å². The Hall–Kier alpha value is -1.13. The molecular formula is C13H20FN3. The van der Waals surface area contributed by atoms with Gasteiger partial charge in [0.15, 0.2) is 0 Å². The minimum Gasteiger partial charge on any atom is -0.370 e. The molecule has 1 aliphatic heterocycles. The van der Waals surface area contributed by atoms with Crippen LogP contribution in [0, 0.1) is 5.82 Å². The van der Waals surface area contributed by atoms with E-state index >= 15 is 0 Å². The number of nitrogens with two attached hydrogens (primary N) is 1. The molecule has 1 aromatic rings. The summed E-state index contributed by atoms with van der Waals surface area (Å²) < 4.78 is 13.2. The van der Waals surface area contributed by atoms with E-state index in [2.05, 4.69) is 16.8 Å². The summed E-state index contributed by atoms with van der Waals surface area (Å²) in [6.07, 6.45) is 1.14. The van der Waals surface area contributed by atoms with E-state index in [1.54, 1.807) is 6.07 Å². The van der Waals surface area contributed by atoms with Crippen LogP contribution >= 0.6 is 0 Å². The largest absolute Gasteiger partial charge is 0.370 e. The third-order valence-electron chi connectivity index (χ3n) is 3.32. The van der Waals surface area contributed by atoms with Crippen LogP contribution in [0.3, 0.4) is 0 Å². The van der Waals surface area contributed by atoms with Crippen LogP contribution in [-0.2, 0) is 6.54 Å². The van der Waals surface area contributed by atoms with Crippen molar-refractivity contribution in [3.05, 3.63) is 29.6 Å². The molecule has 94 valence electrons. The van der Waals surface area contributed by atoms with Gasteiger partial charge in [-0.3, -0.25) is 0 Å². The summed E-state index contributed by atoms with van der Waals surface area (Å²) >= 11 is 0. The molecule has 1 fully saturated rings. The Bertz CT molecular complexity index is 381. The Kier molecular flexibility index (Phi) is 3.97. The standard InChI is InChI=1S/C13H20FN3/c1-16-5-2-6-17(8-7-16)13-4-3-12(14)9-11(13)10-15/h3-4,9H,2,5-8,10,15H2,1H3. The van der Waals surface area contributed by atoms with Gasteiger partial charge < -0.3 is 15.5 Å². The van der Waals surface area contributed by atoms with Crippen molar-refractivity contribution < 1.29 is 4.39 Å². The average Bonchev–Trinajstić information content (AvgIpc) is 2.54. The van der Waals surface area contributed by atoms with Gasteiger partial charge in [-0.15, -0.1) is 0 Å². The minimum absolute atomic E-state index is 0.207. The zero-order valence-electron chi connectivity index (χ0n) is 10.3. The maximum Gasteiger partial charge on any atom is 0.123 e. The molecule has 2 rings (SSSR count). The molecule has 0 aliphatic carbocycles. The van der Waals surface area contributed by atoms with Crippen molar-refractivity contribution in [2.45, 2.75) is 13.0 Å². The lowest BCUT2D eigenvalue weighted by molar-refractivity contribution is 0.360. The summed E-state index contributed by atoms with van der Waals surface area (Å²) in [6, 6.07) is 4.91. The van der Waals surface area contributed by atoms with Gasteiger partial charge in [0.05, 0.1) is 0 Å². The first-order valence-corrected chi connectivity index (χ1v) is 6.12. The molecule has 0 amide bonds. The maximum absolute atomic E-state index is 13.2. The Morgan fingerprint density at radius 3 is 2.82 bits per heavy atom. The molecule has 3 nitrogen and oxygen atoms in total. The smallest absolute Gasteiger partial charge is 0.123 e. The zero-order chi connectivity index (χ0) is 12.3. The van der Waals surface area contributed by atoms with Crippen molar-refractivity contribution >= 4 is 5.69 Å². The molecular weight excluding hydrogens is 217 g/mol. The number of benzene rings is 1. The molecule has 0 atom stereocenters. The lowest BCUT2D eigenvalue weighted by Gasteiger charge is -2.25. The van der Waals surface area contributed by atoms with E-state index in [-0.39, 0.29) is 5.82 Å². The monoisotopic (exact) mass is 237 g/mol. The number of rotatable bonds is 2. The molecule has 17 heavy (non-hydrogen) atoms. The number of hydrogen-bond donors (Lipinski definition) is 1. The summed E-state index contributed by atoms with van der Waals surface area (Å²) in [5, 5.41) is 0. The van der Waals surface area contributed by atoms with Crippen LogP contribution in [0.1, 0.15) is 12.0 Å². The molecule has 1 aromatic carbocycles. The molecule has 1 saturated heterocycles. The fourth-order valence-corrected chi connectivity index (χ4v) is 2.31. The van der Waals surface area contributed by atoms with Crippen molar-refractivity contribution in [3.63, 3.8) is 0 Å². The first kappa shape index (κ1) is 12.3. The highest BCUT2D eigenvalue weighted by atomic mass is 19.1. The van der Waals surface area contributed by atoms with Crippen molar-refractivity contribution in [1.82, 2.24) is 4.90 Å². The van der Waals surface area contributed by atoms with Gasteiger partial charge in [-0.25, -0.2) is 4.39 Å². The summed E-state index contributed by atoms with van der Waals surface area (Å²) in [5.41, 5.74) is 7.67. The van der Waals surface area contributed by atoms with Crippen molar-refractivity contribution in [2.75, 3.05) is 38.1 Å². The minimum atomic E-state index is -0.207. The fourth-order valence-electron chi connectivity index (χ4n) is 2.31. The summed E-state index contributed by atoms with van der Waals surface area (Å²) in [7, 11) is 2.14. The number of halogens is 1. The summed E-state index contributed by atoms with van der Waals surface area (Å²) in [6.45, 7) is 4.55. The SMILES string of the molecule is CN1CCCN(c2ccc(F)cc2CN)CC1. The van der Waals surface area contributed by atoms with Gasteiger partial charge in [-0.1, -0.05) is 0 Å². The van der Waals surface area contributed by atoms with E-state index in [9.17, 15) is 4.39 Å². The van der Waals surface area contributed by atoms with Crippen LogP contribution in [-0.4, -0.2) is 38.1 Å². The van der Waals surface area contributed by atoms with Gasteiger partial charge >= 0.3 is 0 Å². The molecule has 4 heteroatoms. The second kappa shape index (κ2) is 5.47. The van der Waals surface area contributed by atoms with Crippen LogP contribution in [0.4, 0.5) is 10.1 Å². The van der Waals surface area contributed by atoms with E-state index < -0.39 is 0 Å². The first-order valence-electron chi connectivity index (χ1n) is 6.12. The second-order valence-electron chi connectivity index (χ2n) is 4.62. The molecule has 0 aromatic heterocycles. The van der Waals surface area contributed by atoms with E-state index in [1.807, 2.05) is 6.07 Å². The van der Waals surface area contributed by atoms with Crippen LogP contribution in [0.2, 0.25) is 0 Å². The van der Waals surface area contributed by atoms with Crippen molar-refractivity contribution in [2.24, 2.45) is 5.73 Å². The third kappa shape index (κ3) is 2.96. The van der Waals surface area contributed by atoms with Gasteiger partial charge in [-0.2, -0.15) is 0 Å². The topological polar surface area (TPSA) is 32.5 Å². The van der Waals surface area contributed by atoms with E-state index in [0.717, 1.165) is 43.9 Å². The third-order valence-corrected chi connectivity index (χ3v) is 3.32. The second-order valence-corrected chi connectivity index (χ2v) is 4.62. The zero-order valence-corrected chi connectivity index (χ0v) is 10.3. The predicted molar refractivity (Wildman–Crippen MR) is 68.6 cm³/mol. The Morgan fingerprint density at radius 1 is 1.24 bits per heavy atom. The Labute approximate surface area is 102 Å². The number of anilines is 1. The van der Waals surface area contributed by atoms with Crippen LogP contribution in [0.5, 0.6) is 0 Å². The van der Waals surface area contributed by atoms with Gasteiger partial charge in [0.1, 0.15) is 5.82 Å². The van der Waals surface area contributed by atoms with Gasteiger partial charge in [-0.05, 0) is 43.8 Å². The van der Waals surface area contributed by atoms with Crippen molar-refractivity contribution in [3.8, 4) is 0 Å². The van der Waals surface area contributed by atoms with Crippen LogP contribution in [0.15, 0.2) is 18.2 Å². The number of hydrogen-bond acceptors (Lipinski definition) is 3. The van der Waals surface area contributed by atoms with Crippen LogP contribution in [0.25, 0.3) is 0 Å². The van der Waals surface area contributed by atoms with E-state index in [1.165, 1.54) is 6.07 Å². The highest BCUT2D eigenvalue weighted by molar-refractivity contribution is 5.54. The lowest BCUT2D eigenvalue weighted by Crippen LogP contribution is -2.29. The van der Waals surface area contributed by atoms with Gasteiger partial charge in [0, 0.05) is 31.9 Å². The molecule has 1 aliphatic rings. The number of likely N-dealkylation sites (N-methyl/N-ethyl adjacent to an activating group) is 1. The van der Waals surface area contributed by atoms with Gasteiger partial charge in [0.2, 0.25) is 0 Å². The van der Waals surface area contributed by atoms with E-state index in [4.69, 9.17) is 5.73 Å². The predicted octanol–water partition coefficient (Wildman–Crippen LogP) is 1.43. The first-order chi connectivity index (χ1) is 8.20. The molecule has 0 spiro atoms. The molecule has 0 unspecified atom stereocenters. The maximum atomic E-state index is 13.2. The highest BCUT2D eigenvalue weighted by Gasteiger charge is 2.15. The van der Waals surface area contributed by atoms with Gasteiger partial charge in [0.25, 0.3) is 0 Å². The number of nitrogens with zero attached hydrogens (tertiary/aromatic N) is 2. The Morgan fingerprint density at radius 2 is 2.06 bits per heavy atom. The van der Waals surface area contributed by atoms with Crippen LogP contribution < -0.4 is 10.6 Å².